The number of hydrogen-bond acceptors (Lipinski definition) is 5. The van der Waals surface area contributed by atoms with E-state index >= 15 is 0 Å². The number of nitrogens with one attached hydrogen (secondary N) is 1. The fraction of sp³-hybridized carbons (Fsp3) is 0.312. The summed E-state index contributed by atoms with van der Waals surface area (Å²) in [6.45, 7) is 1.73. The smallest absolute Gasteiger partial charge is 0.256 e. The third-order valence-electron chi connectivity index (χ3n) is 3.87. The van der Waals surface area contributed by atoms with E-state index in [0.717, 1.165) is 11.3 Å². The van der Waals surface area contributed by atoms with Gasteiger partial charge in [0.2, 0.25) is 5.91 Å². The SMILES string of the molecule is Cc1ncsc1NC(=O)C1OCC(=O)N(C)C1c1ccccc1. The minimum Gasteiger partial charge on any atom is -0.356 e. The van der Waals surface area contributed by atoms with Crippen molar-refractivity contribution in [1.29, 1.82) is 0 Å². The van der Waals surface area contributed by atoms with Crippen LogP contribution in [0.5, 0.6) is 0 Å². The number of benzene rings is 1. The van der Waals surface area contributed by atoms with Crippen LogP contribution in [0.15, 0.2) is 35.8 Å². The van der Waals surface area contributed by atoms with E-state index in [1.165, 1.54) is 11.3 Å². The highest BCUT2D eigenvalue weighted by atomic mass is 32.1. The summed E-state index contributed by atoms with van der Waals surface area (Å²) in [5.74, 6) is -0.414. The van der Waals surface area contributed by atoms with Gasteiger partial charge in [0, 0.05) is 7.05 Å². The standard InChI is InChI=1S/C16H17N3O3S/c1-10-16(23-9-17-10)18-15(21)14-13(11-6-4-3-5-7-11)19(2)12(20)8-22-14/h3-7,9,13-14H,8H2,1-2H3,(H,18,21). The Bertz CT molecular complexity index is 716. The summed E-state index contributed by atoms with van der Waals surface area (Å²) in [5.41, 5.74) is 3.31. The maximum Gasteiger partial charge on any atom is 0.256 e. The number of carbonyl (C=O) groups is 2. The van der Waals surface area contributed by atoms with Gasteiger partial charge in [-0.15, -0.1) is 11.3 Å². The first-order valence-electron chi connectivity index (χ1n) is 7.21. The monoisotopic (exact) mass is 331 g/mol. The van der Waals surface area contributed by atoms with Crippen molar-refractivity contribution in [3.63, 3.8) is 0 Å². The number of carbonyl (C=O) groups excluding carboxylic acids is 2. The zero-order chi connectivity index (χ0) is 16.4. The van der Waals surface area contributed by atoms with Gasteiger partial charge in [-0.05, 0) is 12.5 Å². The third kappa shape index (κ3) is 3.11. The van der Waals surface area contributed by atoms with Crippen molar-refractivity contribution in [2.45, 2.75) is 19.1 Å². The van der Waals surface area contributed by atoms with Gasteiger partial charge < -0.3 is 15.0 Å². The molecule has 0 aliphatic carbocycles. The number of rotatable bonds is 3. The number of thiazole rings is 1. The number of anilines is 1. The van der Waals surface area contributed by atoms with E-state index in [9.17, 15) is 9.59 Å². The quantitative estimate of drug-likeness (QED) is 0.934. The van der Waals surface area contributed by atoms with E-state index in [2.05, 4.69) is 10.3 Å². The molecule has 120 valence electrons. The molecule has 1 aromatic carbocycles. The predicted octanol–water partition coefficient (Wildman–Crippen LogP) is 1.99. The minimum atomic E-state index is -0.762. The van der Waals surface area contributed by atoms with Gasteiger partial charge in [0.15, 0.2) is 6.10 Å². The zero-order valence-corrected chi connectivity index (χ0v) is 13.7. The number of amides is 2. The lowest BCUT2D eigenvalue weighted by molar-refractivity contribution is -0.160. The Balaban J connectivity index is 1.87. The maximum atomic E-state index is 12.7. The van der Waals surface area contributed by atoms with Gasteiger partial charge in [-0.25, -0.2) is 4.98 Å². The highest BCUT2D eigenvalue weighted by molar-refractivity contribution is 7.14. The van der Waals surface area contributed by atoms with Crippen LogP contribution in [0, 0.1) is 6.92 Å². The Kier molecular flexibility index (Phi) is 4.40. The van der Waals surface area contributed by atoms with E-state index in [4.69, 9.17) is 4.74 Å². The molecule has 0 radical (unpaired) electrons. The number of likely N-dealkylation sites (N-methyl/N-ethyl adjacent to an activating group) is 1. The highest BCUT2D eigenvalue weighted by Gasteiger charge is 2.40. The summed E-state index contributed by atoms with van der Waals surface area (Å²) in [6.07, 6.45) is -0.762. The minimum absolute atomic E-state index is 0.0976. The predicted molar refractivity (Wildman–Crippen MR) is 87.2 cm³/mol. The van der Waals surface area contributed by atoms with Gasteiger partial charge in [0.1, 0.15) is 11.6 Å². The second-order valence-corrected chi connectivity index (χ2v) is 6.20. The van der Waals surface area contributed by atoms with Gasteiger partial charge in [0.25, 0.3) is 5.91 Å². The number of hydrogen-bond donors (Lipinski definition) is 1. The van der Waals surface area contributed by atoms with Gasteiger partial charge >= 0.3 is 0 Å². The first-order chi connectivity index (χ1) is 11.1. The molecular weight excluding hydrogens is 314 g/mol. The molecule has 2 atom stereocenters. The molecule has 1 saturated heterocycles. The van der Waals surface area contributed by atoms with Crippen LogP contribution in [0.25, 0.3) is 0 Å². The van der Waals surface area contributed by atoms with E-state index < -0.39 is 12.1 Å². The molecule has 0 spiro atoms. The summed E-state index contributed by atoms with van der Waals surface area (Å²) in [7, 11) is 1.70. The van der Waals surface area contributed by atoms with E-state index in [1.54, 1.807) is 17.5 Å². The van der Waals surface area contributed by atoms with Crippen LogP contribution in [0.4, 0.5) is 5.00 Å². The van der Waals surface area contributed by atoms with Gasteiger partial charge in [0.05, 0.1) is 17.2 Å². The lowest BCUT2D eigenvalue weighted by Crippen LogP contribution is -2.51. The fourth-order valence-electron chi connectivity index (χ4n) is 2.58. The van der Waals surface area contributed by atoms with Crippen LogP contribution in [0.1, 0.15) is 17.3 Å². The van der Waals surface area contributed by atoms with Crippen LogP contribution in [0.3, 0.4) is 0 Å². The van der Waals surface area contributed by atoms with E-state index in [1.807, 2.05) is 37.3 Å². The van der Waals surface area contributed by atoms with E-state index in [-0.39, 0.29) is 18.4 Å². The second kappa shape index (κ2) is 6.47. The highest BCUT2D eigenvalue weighted by Crippen LogP contribution is 2.30. The third-order valence-corrected chi connectivity index (χ3v) is 4.71. The Morgan fingerprint density at radius 1 is 1.39 bits per heavy atom. The molecule has 1 fully saturated rings. The maximum absolute atomic E-state index is 12.7. The summed E-state index contributed by atoms with van der Waals surface area (Å²) in [6, 6.07) is 8.98. The average Bonchev–Trinajstić information content (AvgIpc) is 2.95. The number of aryl methyl sites for hydroxylation is 1. The number of ether oxygens (including phenoxy) is 1. The number of morpholine rings is 1. The van der Waals surface area contributed by atoms with Crippen molar-refractivity contribution in [1.82, 2.24) is 9.88 Å². The average molecular weight is 331 g/mol. The molecule has 1 aliphatic rings. The van der Waals surface area contributed by atoms with Crippen molar-refractivity contribution in [3.8, 4) is 0 Å². The normalized spacial score (nSPS) is 21.3. The molecule has 0 saturated carbocycles. The molecule has 2 heterocycles. The van der Waals surface area contributed by atoms with Crippen LogP contribution in [-0.2, 0) is 14.3 Å². The first-order valence-corrected chi connectivity index (χ1v) is 8.09. The molecule has 0 bridgehead atoms. The molecule has 2 amide bonds. The van der Waals surface area contributed by atoms with Crippen molar-refractivity contribution in [2.24, 2.45) is 0 Å². The van der Waals surface area contributed by atoms with Crippen molar-refractivity contribution < 1.29 is 14.3 Å². The Labute approximate surface area is 138 Å². The molecule has 2 aromatic rings. The summed E-state index contributed by atoms with van der Waals surface area (Å²) < 4.78 is 5.56. The van der Waals surface area contributed by atoms with Gasteiger partial charge in [-0.1, -0.05) is 30.3 Å². The fourth-order valence-corrected chi connectivity index (χ4v) is 3.28. The largest absolute Gasteiger partial charge is 0.356 e. The van der Waals surface area contributed by atoms with Gasteiger partial charge in [-0.3, -0.25) is 9.59 Å². The van der Waals surface area contributed by atoms with Crippen molar-refractivity contribution in [3.05, 3.63) is 47.1 Å². The first kappa shape index (κ1) is 15.6. The Morgan fingerprint density at radius 3 is 2.78 bits per heavy atom. The second-order valence-electron chi connectivity index (χ2n) is 5.35. The molecular formula is C16H17N3O3S. The van der Waals surface area contributed by atoms with Crippen LogP contribution in [-0.4, -0.2) is 41.5 Å². The summed E-state index contributed by atoms with van der Waals surface area (Å²) in [4.78, 5) is 30.3. The Morgan fingerprint density at radius 2 is 2.13 bits per heavy atom. The summed E-state index contributed by atoms with van der Waals surface area (Å²) in [5, 5.41) is 3.55. The lowest BCUT2D eigenvalue weighted by atomic mass is 9.97. The van der Waals surface area contributed by atoms with Crippen molar-refractivity contribution >= 4 is 28.2 Å². The molecule has 3 rings (SSSR count). The molecule has 1 N–H and O–H groups in total. The molecule has 7 heteroatoms. The molecule has 1 aromatic heterocycles. The topological polar surface area (TPSA) is 71.5 Å². The lowest BCUT2D eigenvalue weighted by Gasteiger charge is -2.38. The van der Waals surface area contributed by atoms with Crippen LogP contribution < -0.4 is 5.32 Å². The summed E-state index contributed by atoms with van der Waals surface area (Å²) >= 11 is 1.36. The number of aromatic nitrogens is 1. The molecule has 2 unspecified atom stereocenters. The molecule has 1 aliphatic heterocycles. The molecule has 23 heavy (non-hydrogen) atoms. The number of nitrogens with zero attached hydrogens (tertiary/aromatic N) is 2. The van der Waals surface area contributed by atoms with Crippen LogP contribution in [0.2, 0.25) is 0 Å². The van der Waals surface area contributed by atoms with Crippen LogP contribution >= 0.6 is 11.3 Å². The zero-order valence-electron chi connectivity index (χ0n) is 12.9. The van der Waals surface area contributed by atoms with Gasteiger partial charge in [-0.2, -0.15) is 0 Å². The Hall–Kier alpha value is -2.25. The van der Waals surface area contributed by atoms with Crippen molar-refractivity contribution in [2.75, 3.05) is 19.0 Å². The van der Waals surface area contributed by atoms with E-state index in [0.29, 0.717) is 5.00 Å². The molecule has 6 nitrogen and oxygen atoms in total.